The van der Waals surface area contributed by atoms with Gasteiger partial charge in [-0.15, -0.1) is 34.2 Å². The summed E-state index contributed by atoms with van der Waals surface area (Å²) in [7, 11) is 3.79. The Morgan fingerprint density at radius 1 is 1.30 bits per heavy atom. The summed E-state index contributed by atoms with van der Waals surface area (Å²) < 4.78 is 7.78. The first kappa shape index (κ1) is 25.3. The summed E-state index contributed by atoms with van der Waals surface area (Å²) in [4.78, 5) is 7.40. The first-order valence-electron chi connectivity index (χ1n) is 10.9. The summed E-state index contributed by atoms with van der Waals surface area (Å²) in [6.45, 7) is 14.6. The number of likely N-dealkylation sites (tertiary alicyclic amines) is 1. The number of halogens is 1. The van der Waals surface area contributed by atoms with Gasteiger partial charge < -0.3 is 19.9 Å². The number of nitrogens with zero attached hydrogens (tertiary/aromatic N) is 5. The van der Waals surface area contributed by atoms with Crippen LogP contribution in [0.15, 0.2) is 4.99 Å². The lowest BCUT2D eigenvalue weighted by Crippen LogP contribution is -2.69. The third kappa shape index (κ3) is 4.93. The smallest absolute Gasteiger partial charge is 0.192 e. The summed E-state index contributed by atoms with van der Waals surface area (Å²) in [5, 5.41) is 15.7. The molecule has 0 aromatic carbocycles. The Morgan fingerprint density at radius 3 is 2.60 bits per heavy atom. The lowest BCUT2D eigenvalue weighted by atomic mass is 9.56. The molecule has 0 radical (unpaired) electrons. The summed E-state index contributed by atoms with van der Waals surface area (Å²) in [6.07, 6.45) is 3.48. The standard InChI is InChI=1S/C21H39N7O.HI/c1-8-28-11-9-10-16(28)13-22-19(23-14-18-26-25-15(2)27(18)6)24-17-12-21(5,29-7)20(17,3)4;/h16-17H,8-14H2,1-7H3,(H2,22,23,24);1H. The van der Waals surface area contributed by atoms with Crippen LogP contribution in [0, 0.1) is 12.3 Å². The second-order valence-corrected chi connectivity index (χ2v) is 9.25. The monoisotopic (exact) mass is 533 g/mol. The van der Waals surface area contributed by atoms with E-state index in [0.29, 0.717) is 18.6 Å². The van der Waals surface area contributed by atoms with Gasteiger partial charge in [-0.2, -0.15) is 0 Å². The largest absolute Gasteiger partial charge is 0.378 e. The molecule has 1 aromatic rings. The number of rotatable bonds is 7. The Bertz CT molecular complexity index is 735. The van der Waals surface area contributed by atoms with Crippen LogP contribution in [0.2, 0.25) is 0 Å². The van der Waals surface area contributed by atoms with Crippen LogP contribution in [0.5, 0.6) is 0 Å². The highest BCUT2D eigenvalue weighted by Gasteiger charge is 2.58. The van der Waals surface area contributed by atoms with Crippen molar-refractivity contribution in [3.63, 3.8) is 0 Å². The molecule has 0 bridgehead atoms. The molecule has 8 nitrogen and oxygen atoms in total. The van der Waals surface area contributed by atoms with Gasteiger partial charge in [-0.05, 0) is 46.2 Å². The van der Waals surface area contributed by atoms with Crippen LogP contribution >= 0.6 is 24.0 Å². The van der Waals surface area contributed by atoms with E-state index in [0.717, 1.165) is 37.1 Å². The molecule has 0 spiro atoms. The van der Waals surface area contributed by atoms with Crippen molar-refractivity contribution in [1.29, 1.82) is 0 Å². The van der Waals surface area contributed by atoms with Gasteiger partial charge in [-0.25, -0.2) is 4.99 Å². The summed E-state index contributed by atoms with van der Waals surface area (Å²) >= 11 is 0. The van der Waals surface area contributed by atoms with Gasteiger partial charge in [0.1, 0.15) is 12.4 Å². The average molecular weight is 534 g/mol. The van der Waals surface area contributed by atoms with Gasteiger partial charge in [0, 0.05) is 38.2 Å². The number of aliphatic imine (C=N–C) groups is 1. The van der Waals surface area contributed by atoms with Crippen molar-refractivity contribution in [2.45, 2.75) is 78.1 Å². The number of aromatic nitrogens is 3. The van der Waals surface area contributed by atoms with Crippen molar-refractivity contribution >= 4 is 29.9 Å². The maximum atomic E-state index is 5.79. The van der Waals surface area contributed by atoms with Crippen LogP contribution in [0.1, 0.15) is 58.6 Å². The molecule has 2 aliphatic rings. The van der Waals surface area contributed by atoms with E-state index in [9.17, 15) is 0 Å². The lowest BCUT2D eigenvalue weighted by molar-refractivity contribution is -0.176. The number of hydrogen-bond donors (Lipinski definition) is 2. The van der Waals surface area contributed by atoms with Gasteiger partial charge in [0.2, 0.25) is 0 Å². The highest BCUT2D eigenvalue weighted by Crippen LogP contribution is 2.51. The fourth-order valence-corrected chi connectivity index (χ4v) is 4.54. The normalized spacial score (nSPS) is 28.7. The van der Waals surface area contributed by atoms with Gasteiger partial charge in [0.25, 0.3) is 0 Å². The van der Waals surface area contributed by atoms with E-state index in [1.165, 1.54) is 19.4 Å². The van der Waals surface area contributed by atoms with E-state index in [-0.39, 0.29) is 35.0 Å². The van der Waals surface area contributed by atoms with E-state index in [1.807, 2.05) is 18.5 Å². The molecule has 3 rings (SSSR count). The summed E-state index contributed by atoms with van der Waals surface area (Å²) in [5.41, 5.74) is -0.0880. The maximum Gasteiger partial charge on any atom is 0.192 e. The predicted octanol–water partition coefficient (Wildman–Crippen LogP) is 2.46. The molecule has 1 aliphatic heterocycles. The van der Waals surface area contributed by atoms with Crippen molar-refractivity contribution < 1.29 is 4.74 Å². The second kappa shape index (κ2) is 10.1. The van der Waals surface area contributed by atoms with E-state index in [4.69, 9.17) is 9.73 Å². The predicted molar refractivity (Wildman–Crippen MR) is 131 cm³/mol. The van der Waals surface area contributed by atoms with Crippen LogP contribution in [0.4, 0.5) is 0 Å². The number of likely N-dealkylation sites (N-methyl/N-ethyl adjacent to an activating group) is 1. The molecule has 1 aromatic heterocycles. The Hall–Kier alpha value is -0.940. The van der Waals surface area contributed by atoms with E-state index in [1.54, 1.807) is 7.11 Å². The van der Waals surface area contributed by atoms with Crippen LogP contribution in [0.25, 0.3) is 0 Å². The lowest BCUT2D eigenvalue weighted by Gasteiger charge is -2.59. The topological polar surface area (TPSA) is 79.6 Å². The van der Waals surface area contributed by atoms with Crippen molar-refractivity contribution in [3.05, 3.63) is 11.6 Å². The molecule has 1 saturated carbocycles. The zero-order valence-electron chi connectivity index (χ0n) is 19.7. The maximum absolute atomic E-state index is 5.79. The fraction of sp³-hybridized carbons (Fsp3) is 0.857. The third-order valence-electron chi connectivity index (χ3n) is 7.56. The van der Waals surface area contributed by atoms with Gasteiger partial charge in [0.15, 0.2) is 11.8 Å². The van der Waals surface area contributed by atoms with Crippen molar-refractivity contribution in [2.24, 2.45) is 17.5 Å². The molecule has 9 heteroatoms. The SMILES string of the molecule is CCN1CCCC1CNC(=NCc1nnc(C)n1C)NC1CC(C)(OC)C1(C)C.I. The van der Waals surface area contributed by atoms with Gasteiger partial charge in [-0.3, -0.25) is 4.90 Å². The molecule has 1 saturated heterocycles. The van der Waals surface area contributed by atoms with E-state index in [2.05, 4.69) is 53.4 Å². The minimum absolute atomic E-state index is 0. The molecule has 2 fully saturated rings. The molecule has 172 valence electrons. The molecule has 30 heavy (non-hydrogen) atoms. The number of aryl methyl sites for hydroxylation is 1. The first-order valence-corrected chi connectivity index (χ1v) is 10.9. The third-order valence-corrected chi connectivity index (χ3v) is 7.56. The Labute approximate surface area is 198 Å². The minimum atomic E-state index is -0.110. The van der Waals surface area contributed by atoms with Crippen LogP contribution < -0.4 is 10.6 Å². The zero-order valence-corrected chi connectivity index (χ0v) is 22.0. The number of ether oxygens (including phenoxy) is 1. The molecule has 2 N–H and O–H groups in total. The van der Waals surface area contributed by atoms with Gasteiger partial charge in [-0.1, -0.05) is 20.8 Å². The van der Waals surface area contributed by atoms with Gasteiger partial charge >= 0.3 is 0 Å². The Kier molecular flexibility index (Phi) is 8.54. The minimum Gasteiger partial charge on any atom is -0.378 e. The molecule has 3 unspecified atom stereocenters. The molecular weight excluding hydrogens is 493 g/mol. The number of guanidine groups is 1. The summed E-state index contributed by atoms with van der Waals surface area (Å²) in [6, 6.07) is 0.883. The second-order valence-electron chi connectivity index (χ2n) is 9.25. The highest BCUT2D eigenvalue weighted by atomic mass is 127. The van der Waals surface area contributed by atoms with Crippen LogP contribution in [-0.4, -0.2) is 70.1 Å². The molecule has 0 amide bonds. The quantitative estimate of drug-likeness (QED) is 0.319. The number of hydrogen-bond acceptors (Lipinski definition) is 5. The number of methoxy groups -OCH3 is 1. The first-order chi connectivity index (χ1) is 13.7. The number of nitrogens with one attached hydrogen (secondary N) is 2. The Balaban J connectivity index is 0.00000320. The van der Waals surface area contributed by atoms with E-state index < -0.39 is 0 Å². The fourth-order valence-electron chi connectivity index (χ4n) is 4.54. The van der Waals surface area contributed by atoms with Crippen LogP contribution in [0.3, 0.4) is 0 Å². The van der Waals surface area contributed by atoms with Gasteiger partial charge in [0.05, 0.1) is 5.60 Å². The molecule has 2 heterocycles. The van der Waals surface area contributed by atoms with Crippen LogP contribution in [-0.2, 0) is 18.3 Å². The molecule has 3 atom stereocenters. The Morgan fingerprint density at radius 2 is 2.03 bits per heavy atom. The molecule has 1 aliphatic carbocycles. The van der Waals surface area contributed by atoms with Crippen molar-refractivity contribution in [1.82, 2.24) is 30.3 Å². The van der Waals surface area contributed by atoms with Crippen molar-refractivity contribution in [3.8, 4) is 0 Å². The average Bonchev–Trinajstić information content (AvgIpc) is 3.29. The van der Waals surface area contributed by atoms with Crippen molar-refractivity contribution in [2.75, 3.05) is 26.7 Å². The highest BCUT2D eigenvalue weighted by molar-refractivity contribution is 14.0. The molecular formula is C21H40IN7O. The zero-order chi connectivity index (χ0) is 21.2. The summed E-state index contributed by atoms with van der Waals surface area (Å²) in [5.74, 6) is 2.62. The van der Waals surface area contributed by atoms with E-state index >= 15 is 0 Å².